The van der Waals surface area contributed by atoms with Crippen LogP contribution in [0.3, 0.4) is 0 Å². The van der Waals surface area contributed by atoms with Crippen LogP contribution < -0.4 is 5.32 Å². The Balaban J connectivity index is 1.66. The number of likely N-dealkylation sites (tertiary alicyclic amines) is 1. The summed E-state index contributed by atoms with van der Waals surface area (Å²) in [7, 11) is 0. The lowest BCUT2D eigenvalue weighted by Gasteiger charge is -2.30. The minimum absolute atomic E-state index is 0.0586. The lowest BCUT2D eigenvalue weighted by Crippen LogP contribution is -2.33. The quantitative estimate of drug-likeness (QED) is 0.634. The zero-order chi connectivity index (χ0) is 18.7. The van der Waals surface area contributed by atoms with Gasteiger partial charge in [-0.3, -0.25) is 25.1 Å². The van der Waals surface area contributed by atoms with E-state index in [1.54, 1.807) is 13.0 Å². The number of nitro groups is 1. The molecule has 0 bridgehead atoms. The second-order valence-electron chi connectivity index (χ2n) is 6.79. The molecule has 1 aromatic carbocycles. The molecule has 8 heteroatoms. The third-order valence-corrected chi connectivity index (χ3v) is 5.45. The van der Waals surface area contributed by atoms with Crippen LogP contribution in [0.2, 0.25) is 0 Å². The van der Waals surface area contributed by atoms with E-state index in [-0.39, 0.29) is 11.6 Å². The molecule has 3 rings (SSSR count). The van der Waals surface area contributed by atoms with Crippen molar-refractivity contribution in [2.75, 3.05) is 18.4 Å². The Morgan fingerprint density at radius 2 is 2.31 bits per heavy atom. The lowest BCUT2D eigenvalue weighted by atomic mass is 10.0. The maximum absolute atomic E-state index is 12.5. The standard InChI is InChI=1S/C18H22N4O3S/c1-12-5-4-8-21(9-12)10-14-11-26-18(19-14)20-17(23)15-6-3-7-16(13(15)2)22(24)25/h3,6-7,11-12H,4-5,8-10H2,1-2H3,(H,19,20,23)/t12-/m1/s1. The van der Waals surface area contributed by atoms with Crippen molar-refractivity contribution in [3.63, 3.8) is 0 Å². The molecule has 2 heterocycles. The first-order chi connectivity index (χ1) is 12.4. The smallest absolute Gasteiger partial charge is 0.273 e. The van der Waals surface area contributed by atoms with Gasteiger partial charge in [-0.15, -0.1) is 11.3 Å². The summed E-state index contributed by atoms with van der Waals surface area (Å²) in [5.74, 6) is 0.331. The highest BCUT2D eigenvalue weighted by atomic mass is 32.1. The summed E-state index contributed by atoms with van der Waals surface area (Å²) >= 11 is 1.37. The number of benzene rings is 1. The zero-order valence-electron chi connectivity index (χ0n) is 14.9. The van der Waals surface area contributed by atoms with Crippen molar-refractivity contribution < 1.29 is 9.72 Å². The van der Waals surface area contributed by atoms with Crippen molar-refractivity contribution in [3.05, 3.63) is 50.5 Å². The molecule has 26 heavy (non-hydrogen) atoms. The van der Waals surface area contributed by atoms with Gasteiger partial charge in [-0.05, 0) is 38.3 Å². The highest BCUT2D eigenvalue weighted by Crippen LogP contribution is 2.24. The molecule has 0 saturated carbocycles. The maximum Gasteiger partial charge on any atom is 0.273 e. The van der Waals surface area contributed by atoms with Gasteiger partial charge in [0.15, 0.2) is 5.13 Å². The number of hydrogen-bond donors (Lipinski definition) is 1. The molecule has 1 atom stereocenters. The Kier molecular flexibility index (Phi) is 5.63. The highest BCUT2D eigenvalue weighted by molar-refractivity contribution is 7.14. The number of anilines is 1. The number of rotatable bonds is 5. The van der Waals surface area contributed by atoms with Gasteiger partial charge in [0.1, 0.15) is 0 Å². The van der Waals surface area contributed by atoms with Gasteiger partial charge < -0.3 is 0 Å². The van der Waals surface area contributed by atoms with Crippen molar-refractivity contribution in [2.24, 2.45) is 5.92 Å². The zero-order valence-corrected chi connectivity index (χ0v) is 15.7. The Labute approximate surface area is 156 Å². The highest BCUT2D eigenvalue weighted by Gasteiger charge is 2.20. The van der Waals surface area contributed by atoms with Crippen LogP contribution in [0.15, 0.2) is 23.6 Å². The fraction of sp³-hybridized carbons (Fsp3) is 0.444. The SMILES string of the molecule is Cc1c(C(=O)Nc2nc(CN3CCC[C@@H](C)C3)cs2)cccc1[N+](=O)[O-]. The third kappa shape index (κ3) is 4.25. The molecular formula is C18H22N4O3S. The van der Waals surface area contributed by atoms with Crippen LogP contribution >= 0.6 is 11.3 Å². The van der Waals surface area contributed by atoms with Crippen LogP contribution in [0.1, 0.15) is 41.4 Å². The molecule has 1 aliphatic heterocycles. The molecule has 0 aliphatic carbocycles. The van der Waals surface area contributed by atoms with Crippen molar-refractivity contribution in [1.82, 2.24) is 9.88 Å². The van der Waals surface area contributed by atoms with E-state index in [0.717, 1.165) is 25.3 Å². The predicted molar refractivity (Wildman–Crippen MR) is 102 cm³/mol. The summed E-state index contributed by atoms with van der Waals surface area (Å²) in [4.78, 5) is 29.9. The number of carbonyl (C=O) groups is 1. The van der Waals surface area contributed by atoms with E-state index in [9.17, 15) is 14.9 Å². The molecule has 0 radical (unpaired) electrons. The number of piperidine rings is 1. The van der Waals surface area contributed by atoms with Gasteiger partial charge in [-0.25, -0.2) is 4.98 Å². The van der Waals surface area contributed by atoms with E-state index in [4.69, 9.17) is 0 Å². The second kappa shape index (κ2) is 7.92. The summed E-state index contributed by atoms with van der Waals surface area (Å²) in [6, 6.07) is 4.50. The van der Waals surface area contributed by atoms with Gasteiger partial charge in [-0.1, -0.05) is 13.0 Å². The molecule has 7 nitrogen and oxygen atoms in total. The molecule has 138 valence electrons. The van der Waals surface area contributed by atoms with E-state index in [0.29, 0.717) is 22.2 Å². The normalized spacial score (nSPS) is 17.8. The van der Waals surface area contributed by atoms with Gasteiger partial charge in [-0.2, -0.15) is 0 Å². The van der Waals surface area contributed by atoms with Crippen LogP contribution in [0, 0.1) is 23.0 Å². The number of thiazole rings is 1. The van der Waals surface area contributed by atoms with E-state index in [1.165, 1.54) is 36.3 Å². The number of nitro benzene ring substituents is 1. The van der Waals surface area contributed by atoms with Gasteiger partial charge in [0, 0.05) is 35.7 Å². The van der Waals surface area contributed by atoms with Crippen molar-refractivity contribution in [2.45, 2.75) is 33.2 Å². The number of amides is 1. The number of hydrogen-bond acceptors (Lipinski definition) is 6. The number of nitrogens with zero attached hydrogens (tertiary/aromatic N) is 3. The number of aromatic nitrogens is 1. The minimum Gasteiger partial charge on any atom is -0.298 e. The summed E-state index contributed by atoms with van der Waals surface area (Å²) in [6.07, 6.45) is 2.48. The monoisotopic (exact) mass is 374 g/mol. The van der Waals surface area contributed by atoms with Gasteiger partial charge in [0.05, 0.1) is 10.6 Å². The molecule has 1 amide bonds. The summed E-state index contributed by atoms with van der Waals surface area (Å²) in [6.45, 7) is 6.78. The average molecular weight is 374 g/mol. The predicted octanol–water partition coefficient (Wildman–Crippen LogP) is 3.84. The molecule has 0 spiro atoms. The Bertz CT molecular complexity index is 821. The lowest BCUT2D eigenvalue weighted by molar-refractivity contribution is -0.385. The molecule has 0 unspecified atom stereocenters. The largest absolute Gasteiger partial charge is 0.298 e. The number of nitrogens with one attached hydrogen (secondary N) is 1. The Morgan fingerprint density at radius 3 is 3.04 bits per heavy atom. The molecule has 1 aliphatic rings. The maximum atomic E-state index is 12.5. The first-order valence-electron chi connectivity index (χ1n) is 8.66. The van der Waals surface area contributed by atoms with Crippen LogP contribution in [0.25, 0.3) is 0 Å². The third-order valence-electron chi connectivity index (χ3n) is 4.65. The van der Waals surface area contributed by atoms with Gasteiger partial charge in [0.2, 0.25) is 0 Å². The minimum atomic E-state index is -0.479. The summed E-state index contributed by atoms with van der Waals surface area (Å²) in [5.41, 5.74) is 1.53. The van der Waals surface area contributed by atoms with Gasteiger partial charge in [0.25, 0.3) is 11.6 Å². The first-order valence-corrected chi connectivity index (χ1v) is 9.54. The Morgan fingerprint density at radius 1 is 1.50 bits per heavy atom. The van der Waals surface area contributed by atoms with E-state index in [2.05, 4.69) is 22.1 Å². The van der Waals surface area contributed by atoms with Crippen LogP contribution in [0.5, 0.6) is 0 Å². The molecule has 1 saturated heterocycles. The Hall–Kier alpha value is -2.32. The van der Waals surface area contributed by atoms with Crippen molar-refractivity contribution in [1.29, 1.82) is 0 Å². The van der Waals surface area contributed by atoms with E-state index < -0.39 is 4.92 Å². The summed E-state index contributed by atoms with van der Waals surface area (Å²) in [5, 5.41) is 16.3. The summed E-state index contributed by atoms with van der Waals surface area (Å²) < 4.78 is 0. The van der Waals surface area contributed by atoms with E-state index in [1.807, 2.05) is 5.38 Å². The number of carbonyl (C=O) groups excluding carboxylic acids is 1. The average Bonchev–Trinajstić information content (AvgIpc) is 3.01. The molecule has 1 N–H and O–H groups in total. The second-order valence-corrected chi connectivity index (χ2v) is 7.65. The van der Waals surface area contributed by atoms with Crippen molar-refractivity contribution >= 4 is 28.1 Å². The molecular weight excluding hydrogens is 352 g/mol. The molecule has 1 fully saturated rings. The first kappa shape index (κ1) is 18.5. The fourth-order valence-electron chi connectivity index (χ4n) is 3.33. The van der Waals surface area contributed by atoms with Crippen molar-refractivity contribution in [3.8, 4) is 0 Å². The topological polar surface area (TPSA) is 88.4 Å². The fourth-order valence-corrected chi connectivity index (χ4v) is 4.02. The van der Waals surface area contributed by atoms with Crippen LogP contribution in [-0.2, 0) is 6.54 Å². The van der Waals surface area contributed by atoms with E-state index >= 15 is 0 Å². The van der Waals surface area contributed by atoms with Crippen LogP contribution in [0.4, 0.5) is 10.8 Å². The molecule has 1 aromatic heterocycles. The molecule has 2 aromatic rings. The van der Waals surface area contributed by atoms with Crippen LogP contribution in [-0.4, -0.2) is 33.8 Å². The van der Waals surface area contributed by atoms with Gasteiger partial charge >= 0.3 is 0 Å².